The van der Waals surface area contributed by atoms with E-state index in [1.165, 1.54) is 25.9 Å². The Labute approximate surface area is 82.7 Å². The van der Waals surface area contributed by atoms with Gasteiger partial charge in [-0.15, -0.1) is 0 Å². The third-order valence-corrected chi connectivity index (χ3v) is 3.72. The lowest BCUT2D eigenvalue weighted by atomic mass is 9.98. The van der Waals surface area contributed by atoms with Crippen LogP contribution in [0.5, 0.6) is 0 Å². The number of rotatable bonds is 4. The van der Waals surface area contributed by atoms with Crippen molar-refractivity contribution in [3.05, 3.63) is 0 Å². The van der Waals surface area contributed by atoms with Crippen LogP contribution < -0.4 is 5.32 Å². The van der Waals surface area contributed by atoms with Crippen molar-refractivity contribution in [1.82, 2.24) is 10.2 Å². The molecule has 3 unspecified atom stereocenters. The Morgan fingerprint density at radius 2 is 2.15 bits per heavy atom. The average molecular weight is 184 g/mol. The van der Waals surface area contributed by atoms with Crippen molar-refractivity contribution in [3.63, 3.8) is 0 Å². The molecule has 13 heavy (non-hydrogen) atoms. The smallest absolute Gasteiger partial charge is 0.0232 e. The number of nitrogens with one attached hydrogen (secondary N) is 1. The highest BCUT2D eigenvalue weighted by atomic mass is 15.2. The molecule has 1 heterocycles. The van der Waals surface area contributed by atoms with Crippen LogP contribution in [0.15, 0.2) is 0 Å². The molecule has 1 aliphatic rings. The van der Waals surface area contributed by atoms with Crippen molar-refractivity contribution in [3.8, 4) is 0 Å². The topological polar surface area (TPSA) is 15.3 Å². The van der Waals surface area contributed by atoms with Crippen molar-refractivity contribution in [1.29, 1.82) is 0 Å². The lowest BCUT2D eigenvalue weighted by Gasteiger charge is -2.33. The third-order valence-electron chi connectivity index (χ3n) is 3.72. The van der Waals surface area contributed by atoms with Gasteiger partial charge in [0.1, 0.15) is 0 Å². The van der Waals surface area contributed by atoms with E-state index >= 15 is 0 Å². The second-order valence-corrected chi connectivity index (χ2v) is 4.44. The lowest BCUT2D eigenvalue weighted by Crippen LogP contribution is -2.42. The molecule has 0 aromatic heterocycles. The molecule has 0 aromatic carbocycles. The molecule has 0 aromatic rings. The average Bonchev–Trinajstić information content (AvgIpc) is 2.67. The second-order valence-electron chi connectivity index (χ2n) is 4.44. The highest BCUT2D eigenvalue weighted by Gasteiger charge is 2.25. The van der Waals surface area contributed by atoms with E-state index in [1.807, 2.05) is 0 Å². The van der Waals surface area contributed by atoms with Gasteiger partial charge in [-0.3, -0.25) is 4.90 Å². The lowest BCUT2D eigenvalue weighted by molar-refractivity contribution is 0.148. The van der Waals surface area contributed by atoms with E-state index in [2.05, 4.69) is 38.0 Å². The summed E-state index contributed by atoms with van der Waals surface area (Å²) in [6, 6.07) is 1.49. The predicted octanol–water partition coefficient (Wildman–Crippen LogP) is 1.71. The van der Waals surface area contributed by atoms with Crippen molar-refractivity contribution in [2.75, 3.05) is 20.1 Å². The molecule has 2 nitrogen and oxygen atoms in total. The van der Waals surface area contributed by atoms with Gasteiger partial charge in [0.15, 0.2) is 0 Å². The van der Waals surface area contributed by atoms with E-state index in [4.69, 9.17) is 0 Å². The molecule has 1 saturated heterocycles. The van der Waals surface area contributed by atoms with Gasteiger partial charge in [0.2, 0.25) is 0 Å². The summed E-state index contributed by atoms with van der Waals surface area (Å²) in [6.45, 7) is 9.36. The first-order valence-electron chi connectivity index (χ1n) is 5.59. The Balaban J connectivity index is 2.40. The standard InChI is InChI=1S/C11H24N2/c1-5-9(2)10(3)13(4)11-6-7-12-8-11/h9-12H,5-8H2,1-4H3. The van der Waals surface area contributed by atoms with Gasteiger partial charge in [-0.1, -0.05) is 20.3 Å². The summed E-state index contributed by atoms with van der Waals surface area (Å²) in [5.41, 5.74) is 0. The largest absolute Gasteiger partial charge is 0.315 e. The maximum absolute atomic E-state index is 3.42. The molecule has 0 bridgehead atoms. The van der Waals surface area contributed by atoms with Crippen molar-refractivity contribution >= 4 is 0 Å². The van der Waals surface area contributed by atoms with Gasteiger partial charge in [0, 0.05) is 18.6 Å². The molecular weight excluding hydrogens is 160 g/mol. The zero-order chi connectivity index (χ0) is 9.84. The molecule has 3 atom stereocenters. The molecule has 0 saturated carbocycles. The van der Waals surface area contributed by atoms with Crippen LogP contribution in [0.4, 0.5) is 0 Å². The van der Waals surface area contributed by atoms with Crippen LogP contribution in [-0.4, -0.2) is 37.1 Å². The Hall–Kier alpha value is -0.0800. The summed E-state index contributed by atoms with van der Waals surface area (Å²) >= 11 is 0. The van der Waals surface area contributed by atoms with Crippen molar-refractivity contribution in [2.45, 2.75) is 45.7 Å². The van der Waals surface area contributed by atoms with E-state index in [1.54, 1.807) is 0 Å². The minimum atomic E-state index is 0.717. The zero-order valence-corrected chi connectivity index (χ0v) is 9.51. The molecule has 0 spiro atoms. The first-order valence-corrected chi connectivity index (χ1v) is 5.59. The number of hydrogen-bond acceptors (Lipinski definition) is 2. The minimum Gasteiger partial charge on any atom is -0.315 e. The Morgan fingerprint density at radius 3 is 2.62 bits per heavy atom. The normalized spacial score (nSPS) is 27.9. The van der Waals surface area contributed by atoms with Gasteiger partial charge in [-0.05, 0) is 32.9 Å². The molecule has 0 radical (unpaired) electrons. The van der Waals surface area contributed by atoms with Gasteiger partial charge in [0.05, 0.1) is 0 Å². The van der Waals surface area contributed by atoms with Gasteiger partial charge in [-0.25, -0.2) is 0 Å². The van der Waals surface area contributed by atoms with Gasteiger partial charge < -0.3 is 5.32 Å². The molecule has 0 aliphatic carbocycles. The summed E-state index contributed by atoms with van der Waals surface area (Å²) in [5, 5.41) is 3.42. The van der Waals surface area contributed by atoms with Gasteiger partial charge in [-0.2, -0.15) is 0 Å². The Morgan fingerprint density at radius 1 is 1.46 bits per heavy atom. The fourth-order valence-electron chi connectivity index (χ4n) is 2.06. The fourth-order valence-corrected chi connectivity index (χ4v) is 2.06. The summed E-state index contributed by atoms with van der Waals surface area (Å²) in [6.07, 6.45) is 2.60. The zero-order valence-electron chi connectivity index (χ0n) is 9.51. The summed E-state index contributed by atoms with van der Waals surface area (Å²) in [5.74, 6) is 0.811. The van der Waals surface area contributed by atoms with Crippen LogP contribution >= 0.6 is 0 Å². The molecule has 2 heteroatoms. The summed E-state index contributed by atoms with van der Waals surface area (Å²) < 4.78 is 0. The van der Waals surface area contributed by atoms with E-state index < -0.39 is 0 Å². The number of likely N-dealkylation sites (N-methyl/N-ethyl adjacent to an activating group) is 1. The van der Waals surface area contributed by atoms with Crippen LogP contribution in [0.25, 0.3) is 0 Å². The van der Waals surface area contributed by atoms with Crippen LogP contribution in [0.3, 0.4) is 0 Å². The Kier molecular flexibility index (Phi) is 4.20. The summed E-state index contributed by atoms with van der Waals surface area (Å²) in [7, 11) is 2.27. The van der Waals surface area contributed by atoms with Crippen LogP contribution in [0, 0.1) is 5.92 Å². The van der Waals surface area contributed by atoms with E-state index in [0.29, 0.717) is 0 Å². The first-order chi connectivity index (χ1) is 6.16. The molecule has 78 valence electrons. The summed E-state index contributed by atoms with van der Waals surface area (Å²) in [4.78, 5) is 2.55. The third kappa shape index (κ3) is 2.68. The maximum atomic E-state index is 3.42. The van der Waals surface area contributed by atoms with Crippen molar-refractivity contribution < 1.29 is 0 Å². The highest BCUT2D eigenvalue weighted by Crippen LogP contribution is 2.17. The molecular formula is C11H24N2. The van der Waals surface area contributed by atoms with E-state index in [-0.39, 0.29) is 0 Å². The van der Waals surface area contributed by atoms with Crippen LogP contribution in [0.2, 0.25) is 0 Å². The molecule has 1 aliphatic heterocycles. The molecule has 1 rings (SSSR count). The molecule has 1 fully saturated rings. The van der Waals surface area contributed by atoms with Crippen LogP contribution in [0.1, 0.15) is 33.6 Å². The van der Waals surface area contributed by atoms with Gasteiger partial charge in [0.25, 0.3) is 0 Å². The SMILES string of the molecule is CCC(C)C(C)N(C)C1CCNC1. The highest BCUT2D eigenvalue weighted by molar-refractivity contribution is 4.82. The Bertz CT molecular complexity index is 141. The van der Waals surface area contributed by atoms with Crippen molar-refractivity contribution in [2.24, 2.45) is 5.92 Å². The monoisotopic (exact) mass is 184 g/mol. The minimum absolute atomic E-state index is 0.717. The van der Waals surface area contributed by atoms with Crippen LogP contribution in [-0.2, 0) is 0 Å². The number of nitrogens with zero attached hydrogens (tertiary/aromatic N) is 1. The van der Waals surface area contributed by atoms with Gasteiger partial charge >= 0.3 is 0 Å². The van der Waals surface area contributed by atoms with E-state index in [0.717, 1.165) is 18.0 Å². The fraction of sp³-hybridized carbons (Fsp3) is 1.00. The molecule has 0 amide bonds. The first kappa shape index (κ1) is 11.0. The predicted molar refractivity (Wildman–Crippen MR) is 58.0 cm³/mol. The quantitative estimate of drug-likeness (QED) is 0.715. The number of hydrogen-bond donors (Lipinski definition) is 1. The second kappa shape index (κ2) is 4.97. The molecule has 1 N–H and O–H groups in total. The van der Waals surface area contributed by atoms with E-state index in [9.17, 15) is 0 Å². The maximum Gasteiger partial charge on any atom is 0.0232 e.